The van der Waals surface area contributed by atoms with Crippen LogP contribution in [0.5, 0.6) is 0 Å². The highest BCUT2D eigenvalue weighted by molar-refractivity contribution is 5.95. The Labute approximate surface area is 134 Å². The number of carbonyl (C=O) groups is 1. The van der Waals surface area contributed by atoms with Gasteiger partial charge in [0, 0.05) is 5.69 Å². The fraction of sp³-hybridized carbons (Fsp3) is 0.235. The molecule has 0 aliphatic heterocycles. The predicted octanol–water partition coefficient (Wildman–Crippen LogP) is 3.03. The van der Waals surface area contributed by atoms with Gasteiger partial charge in [-0.15, -0.1) is 0 Å². The second-order valence-electron chi connectivity index (χ2n) is 5.42. The molecular formula is C17H19N3O3. The van der Waals surface area contributed by atoms with E-state index in [0.29, 0.717) is 11.4 Å². The number of aliphatic hydroxyl groups excluding tert-OH is 2. The molecule has 0 aliphatic rings. The summed E-state index contributed by atoms with van der Waals surface area (Å²) < 4.78 is 0. The molecule has 0 atom stereocenters. The average Bonchev–Trinajstić information content (AvgIpc) is 2.60. The molecule has 0 spiro atoms. The molecule has 3 N–H and O–H groups in total. The summed E-state index contributed by atoms with van der Waals surface area (Å²) in [5, 5.41) is 29.4. The van der Waals surface area contributed by atoms with Crippen LogP contribution in [0.2, 0.25) is 0 Å². The van der Waals surface area contributed by atoms with Crippen LogP contribution in [-0.4, -0.2) is 29.3 Å². The van der Waals surface area contributed by atoms with Gasteiger partial charge >= 0.3 is 0 Å². The van der Waals surface area contributed by atoms with Crippen LogP contribution in [0.25, 0.3) is 0 Å². The number of amides is 1. The van der Waals surface area contributed by atoms with Gasteiger partial charge in [0.15, 0.2) is 0 Å². The molecule has 2 aromatic carbocycles. The maximum absolute atomic E-state index is 12.1. The van der Waals surface area contributed by atoms with E-state index in [1.807, 2.05) is 30.3 Å². The molecule has 2 aromatic rings. The zero-order valence-electron chi connectivity index (χ0n) is 12.8. The molecule has 0 bridgehead atoms. The van der Waals surface area contributed by atoms with Crippen molar-refractivity contribution >= 4 is 23.0 Å². The normalized spacial score (nSPS) is 11.6. The van der Waals surface area contributed by atoms with Crippen molar-refractivity contribution in [3.05, 3.63) is 54.6 Å². The standard InChI is InChI=1S/C17H19N3O3/c1-17(11-21,12-22)16(23)18-14-8-5-9-15(10-14)20-19-13-6-3-2-4-7-13/h2-10,21-22H,11-12H2,1H3,(H,18,23). The number of rotatable bonds is 6. The molecule has 0 fully saturated rings. The monoisotopic (exact) mass is 313 g/mol. The zero-order valence-corrected chi connectivity index (χ0v) is 12.8. The minimum absolute atomic E-state index is 0.442. The Hall–Kier alpha value is -2.57. The first kappa shape index (κ1) is 16.8. The van der Waals surface area contributed by atoms with Crippen LogP contribution in [-0.2, 0) is 4.79 Å². The van der Waals surface area contributed by atoms with E-state index in [1.165, 1.54) is 6.92 Å². The number of hydrogen-bond donors (Lipinski definition) is 3. The molecule has 0 aliphatic carbocycles. The number of nitrogens with one attached hydrogen (secondary N) is 1. The van der Waals surface area contributed by atoms with Gasteiger partial charge in [-0.2, -0.15) is 10.2 Å². The van der Waals surface area contributed by atoms with Gasteiger partial charge in [0.25, 0.3) is 0 Å². The number of carbonyl (C=O) groups excluding carboxylic acids is 1. The van der Waals surface area contributed by atoms with E-state index in [4.69, 9.17) is 0 Å². The molecule has 1 amide bonds. The first-order valence-electron chi connectivity index (χ1n) is 7.17. The van der Waals surface area contributed by atoms with Gasteiger partial charge in [-0.05, 0) is 37.3 Å². The van der Waals surface area contributed by atoms with Crippen LogP contribution in [0.1, 0.15) is 6.92 Å². The number of azo groups is 1. The number of anilines is 1. The summed E-state index contributed by atoms with van der Waals surface area (Å²) in [5.41, 5.74) is 0.603. The van der Waals surface area contributed by atoms with E-state index in [1.54, 1.807) is 24.3 Å². The number of nitrogens with zero attached hydrogens (tertiary/aromatic N) is 2. The first-order valence-corrected chi connectivity index (χ1v) is 7.17. The Bertz CT molecular complexity index is 682. The molecular weight excluding hydrogens is 294 g/mol. The highest BCUT2D eigenvalue weighted by Gasteiger charge is 2.31. The largest absolute Gasteiger partial charge is 0.395 e. The smallest absolute Gasteiger partial charge is 0.234 e. The lowest BCUT2D eigenvalue weighted by Crippen LogP contribution is -2.39. The number of benzene rings is 2. The predicted molar refractivity (Wildman–Crippen MR) is 88.0 cm³/mol. The van der Waals surface area contributed by atoms with Crippen LogP contribution >= 0.6 is 0 Å². The first-order chi connectivity index (χ1) is 11.1. The number of hydrogen-bond acceptors (Lipinski definition) is 5. The Morgan fingerprint density at radius 2 is 1.61 bits per heavy atom. The van der Waals surface area contributed by atoms with Crippen molar-refractivity contribution < 1.29 is 15.0 Å². The van der Waals surface area contributed by atoms with E-state index in [0.717, 1.165) is 5.69 Å². The van der Waals surface area contributed by atoms with Crippen molar-refractivity contribution in [3.63, 3.8) is 0 Å². The van der Waals surface area contributed by atoms with E-state index < -0.39 is 24.5 Å². The molecule has 0 saturated heterocycles. The molecule has 2 rings (SSSR count). The summed E-state index contributed by atoms with van der Waals surface area (Å²) in [4.78, 5) is 12.1. The van der Waals surface area contributed by atoms with Gasteiger partial charge in [0.2, 0.25) is 5.91 Å². The lowest BCUT2D eigenvalue weighted by molar-refractivity contribution is -0.129. The lowest BCUT2D eigenvalue weighted by atomic mass is 9.92. The van der Waals surface area contributed by atoms with E-state index in [2.05, 4.69) is 15.5 Å². The van der Waals surface area contributed by atoms with Crippen LogP contribution in [0.3, 0.4) is 0 Å². The van der Waals surface area contributed by atoms with E-state index in [-0.39, 0.29) is 0 Å². The van der Waals surface area contributed by atoms with Gasteiger partial charge in [0.1, 0.15) is 0 Å². The van der Waals surface area contributed by atoms with Gasteiger partial charge in [0.05, 0.1) is 30.0 Å². The molecule has 0 aromatic heterocycles. The molecule has 0 radical (unpaired) electrons. The summed E-state index contributed by atoms with van der Waals surface area (Å²) in [5.74, 6) is -0.459. The third kappa shape index (κ3) is 4.45. The SMILES string of the molecule is CC(CO)(CO)C(=O)Nc1cccc(N=Nc2ccccc2)c1. The van der Waals surface area contributed by atoms with E-state index >= 15 is 0 Å². The van der Waals surface area contributed by atoms with Crippen LogP contribution in [0, 0.1) is 5.41 Å². The van der Waals surface area contributed by atoms with Crippen molar-refractivity contribution in [2.24, 2.45) is 15.6 Å². The van der Waals surface area contributed by atoms with Crippen molar-refractivity contribution in [2.75, 3.05) is 18.5 Å². The maximum atomic E-state index is 12.1. The molecule has 0 unspecified atom stereocenters. The number of aliphatic hydroxyl groups is 2. The lowest BCUT2D eigenvalue weighted by Gasteiger charge is -2.23. The Morgan fingerprint density at radius 3 is 2.26 bits per heavy atom. The van der Waals surface area contributed by atoms with Crippen molar-refractivity contribution in [2.45, 2.75) is 6.92 Å². The summed E-state index contributed by atoms with van der Waals surface area (Å²) in [6.07, 6.45) is 0. The second kappa shape index (κ2) is 7.62. The van der Waals surface area contributed by atoms with E-state index in [9.17, 15) is 15.0 Å². The van der Waals surface area contributed by atoms with Crippen molar-refractivity contribution in [3.8, 4) is 0 Å². The molecule has 0 saturated carbocycles. The molecule has 6 heteroatoms. The van der Waals surface area contributed by atoms with Gasteiger partial charge < -0.3 is 15.5 Å². The highest BCUT2D eigenvalue weighted by atomic mass is 16.3. The maximum Gasteiger partial charge on any atom is 0.234 e. The van der Waals surface area contributed by atoms with Gasteiger partial charge in [-0.1, -0.05) is 24.3 Å². The van der Waals surface area contributed by atoms with Gasteiger partial charge in [-0.25, -0.2) is 0 Å². The second-order valence-corrected chi connectivity index (χ2v) is 5.42. The Morgan fingerprint density at radius 1 is 1.00 bits per heavy atom. The molecule has 6 nitrogen and oxygen atoms in total. The molecule has 120 valence electrons. The average molecular weight is 313 g/mol. The van der Waals surface area contributed by atoms with Crippen molar-refractivity contribution in [1.82, 2.24) is 0 Å². The minimum Gasteiger partial charge on any atom is -0.395 e. The topological polar surface area (TPSA) is 94.3 Å². The summed E-state index contributed by atoms with van der Waals surface area (Å²) in [6, 6.07) is 16.2. The third-order valence-corrected chi connectivity index (χ3v) is 3.39. The summed E-state index contributed by atoms with van der Waals surface area (Å²) in [6.45, 7) is 0.604. The van der Waals surface area contributed by atoms with Crippen molar-refractivity contribution in [1.29, 1.82) is 0 Å². The van der Waals surface area contributed by atoms with Crippen LogP contribution in [0.4, 0.5) is 17.1 Å². The molecule has 0 heterocycles. The van der Waals surface area contributed by atoms with Crippen LogP contribution in [0.15, 0.2) is 64.8 Å². The Balaban J connectivity index is 2.11. The summed E-state index contributed by atoms with van der Waals surface area (Å²) >= 11 is 0. The van der Waals surface area contributed by atoms with Gasteiger partial charge in [-0.3, -0.25) is 4.79 Å². The van der Waals surface area contributed by atoms with Crippen LogP contribution < -0.4 is 5.32 Å². The fourth-order valence-electron chi connectivity index (χ4n) is 1.73. The highest BCUT2D eigenvalue weighted by Crippen LogP contribution is 2.23. The Kier molecular flexibility index (Phi) is 5.56. The minimum atomic E-state index is -1.23. The summed E-state index contributed by atoms with van der Waals surface area (Å²) in [7, 11) is 0. The molecule has 23 heavy (non-hydrogen) atoms. The fourth-order valence-corrected chi connectivity index (χ4v) is 1.73. The third-order valence-electron chi connectivity index (χ3n) is 3.39. The quantitative estimate of drug-likeness (QED) is 0.715. The zero-order chi connectivity index (χ0) is 16.7.